The summed E-state index contributed by atoms with van der Waals surface area (Å²) < 4.78 is 1.07. The van der Waals surface area contributed by atoms with E-state index < -0.39 is 0 Å². The summed E-state index contributed by atoms with van der Waals surface area (Å²) in [5, 5.41) is 9.73. The lowest BCUT2D eigenvalue weighted by atomic mass is 9.85. The molecule has 0 heterocycles. The Labute approximate surface area is 136 Å². The summed E-state index contributed by atoms with van der Waals surface area (Å²) in [7, 11) is 0. The van der Waals surface area contributed by atoms with Crippen molar-refractivity contribution in [3.8, 4) is 0 Å². The predicted molar refractivity (Wildman–Crippen MR) is 92.8 cm³/mol. The molecular formula is C19H23BrO. The van der Waals surface area contributed by atoms with Crippen molar-refractivity contribution in [3.05, 3.63) is 69.7 Å². The van der Waals surface area contributed by atoms with Gasteiger partial charge in [-0.2, -0.15) is 0 Å². The summed E-state index contributed by atoms with van der Waals surface area (Å²) in [5.74, 6) is 0.126. The SMILES string of the molecule is CC(C)(C)c1ccc(CC(CO)c2ccccc2Br)cc1. The Kier molecular flexibility index (Phi) is 5.23. The quantitative estimate of drug-likeness (QED) is 0.819. The van der Waals surface area contributed by atoms with Crippen LogP contribution in [0.2, 0.25) is 0 Å². The van der Waals surface area contributed by atoms with E-state index >= 15 is 0 Å². The van der Waals surface area contributed by atoms with Crippen molar-refractivity contribution in [2.24, 2.45) is 0 Å². The van der Waals surface area contributed by atoms with E-state index in [2.05, 4.69) is 67.0 Å². The highest BCUT2D eigenvalue weighted by Crippen LogP contribution is 2.28. The summed E-state index contributed by atoms with van der Waals surface area (Å²) in [5.41, 5.74) is 3.95. The Morgan fingerprint density at radius 3 is 2.14 bits per heavy atom. The van der Waals surface area contributed by atoms with Crippen LogP contribution in [0.25, 0.3) is 0 Å². The van der Waals surface area contributed by atoms with Gasteiger partial charge in [-0.05, 0) is 34.6 Å². The van der Waals surface area contributed by atoms with Crippen molar-refractivity contribution in [2.75, 3.05) is 6.61 Å². The maximum Gasteiger partial charge on any atom is 0.0503 e. The number of aliphatic hydroxyl groups is 1. The first-order valence-corrected chi connectivity index (χ1v) is 8.16. The third kappa shape index (κ3) is 4.18. The number of hydrogen-bond donors (Lipinski definition) is 1. The molecule has 0 aliphatic rings. The van der Waals surface area contributed by atoms with Gasteiger partial charge in [-0.25, -0.2) is 0 Å². The number of benzene rings is 2. The second-order valence-electron chi connectivity index (χ2n) is 6.55. The van der Waals surface area contributed by atoms with Crippen LogP contribution in [0.4, 0.5) is 0 Å². The van der Waals surface area contributed by atoms with E-state index in [4.69, 9.17) is 0 Å². The molecule has 1 atom stereocenters. The molecule has 0 saturated carbocycles. The Morgan fingerprint density at radius 2 is 1.62 bits per heavy atom. The van der Waals surface area contributed by atoms with Crippen molar-refractivity contribution in [3.63, 3.8) is 0 Å². The van der Waals surface area contributed by atoms with E-state index in [1.807, 2.05) is 18.2 Å². The summed E-state index contributed by atoms with van der Waals surface area (Å²) in [4.78, 5) is 0. The molecule has 112 valence electrons. The molecule has 0 fully saturated rings. The van der Waals surface area contributed by atoms with Crippen LogP contribution in [0.5, 0.6) is 0 Å². The van der Waals surface area contributed by atoms with Crippen molar-refractivity contribution in [1.29, 1.82) is 0 Å². The third-order valence-corrected chi connectivity index (χ3v) is 4.59. The molecule has 0 aromatic heterocycles. The monoisotopic (exact) mass is 346 g/mol. The highest BCUT2D eigenvalue weighted by Gasteiger charge is 2.16. The molecule has 0 spiro atoms. The van der Waals surface area contributed by atoms with Gasteiger partial charge >= 0.3 is 0 Å². The highest BCUT2D eigenvalue weighted by atomic mass is 79.9. The Morgan fingerprint density at radius 1 is 1.00 bits per heavy atom. The Hall–Kier alpha value is -1.12. The molecule has 0 amide bonds. The van der Waals surface area contributed by atoms with E-state index in [1.165, 1.54) is 16.7 Å². The van der Waals surface area contributed by atoms with Gasteiger partial charge in [0.2, 0.25) is 0 Å². The fourth-order valence-electron chi connectivity index (χ4n) is 2.50. The molecule has 0 bridgehead atoms. The minimum Gasteiger partial charge on any atom is -0.396 e. The molecule has 0 radical (unpaired) electrons. The minimum atomic E-state index is 0.126. The van der Waals surface area contributed by atoms with Gasteiger partial charge in [0.1, 0.15) is 0 Å². The van der Waals surface area contributed by atoms with Crippen LogP contribution in [0, 0.1) is 0 Å². The number of hydrogen-bond acceptors (Lipinski definition) is 1. The van der Waals surface area contributed by atoms with Crippen LogP contribution >= 0.6 is 15.9 Å². The van der Waals surface area contributed by atoms with Crippen LogP contribution in [-0.2, 0) is 11.8 Å². The standard InChI is InChI=1S/C19H23BrO/c1-19(2,3)16-10-8-14(9-11-16)12-15(13-21)17-6-4-5-7-18(17)20/h4-11,15,21H,12-13H2,1-3H3. The first-order chi connectivity index (χ1) is 9.91. The van der Waals surface area contributed by atoms with Crippen molar-refractivity contribution < 1.29 is 5.11 Å². The van der Waals surface area contributed by atoms with Crippen LogP contribution in [0.15, 0.2) is 53.0 Å². The molecule has 2 aromatic carbocycles. The normalized spacial score (nSPS) is 13.2. The van der Waals surface area contributed by atoms with Gasteiger partial charge in [-0.15, -0.1) is 0 Å². The molecule has 2 heteroatoms. The van der Waals surface area contributed by atoms with Gasteiger partial charge in [0.05, 0.1) is 6.61 Å². The Balaban J connectivity index is 2.18. The molecule has 1 N–H and O–H groups in total. The highest BCUT2D eigenvalue weighted by molar-refractivity contribution is 9.10. The van der Waals surface area contributed by atoms with Gasteiger partial charge in [0, 0.05) is 10.4 Å². The van der Waals surface area contributed by atoms with Gasteiger partial charge in [0.25, 0.3) is 0 Å². The number of halogens is 1. The minimum absolute atomic E-state index is 0.126. The van der Waals surface area contributed by atoms with Gasteiger partial charge in [0.15, 0.2) is 0 Å². The summed E-state index contributed by atoms with van der Waals surface area (Å²) >= 11 is 3.58. The van der Waals surface area contributed by atoms with Crippen LogP contribution in [-0.4, -0.2) is 11.7 Å². The van der Waals surface area contributed by atoms with E-state index in [0.717, 1.165) is 10.9 Å². The molecule has 21 heavy (non-hydrogen) atoms. The average Bonchev–Trinajstić information content (AvgIpc) is 2.45. The second kappa shape index (κ2) is 6.76. The first-order valence-electron chi connectivity index (χ1n) is 7.36. The Bertz CT molecular complexity index is 581. The zero-order valence-electron chi connectivity index (χ0n) is 12.9. The summed E-state index contributed by atoms with van der Waals surface area (Å²) in [6, 6.07) is 16.9. The lowest BCUT2D eigenvalue weighted by Crippen LogP contribution is -2.12. The van der Waals surface area contributed by atoms with E-state index in [9.17, 15) is 5.11 Å². The molecule has 1 unspecified atom stereocenters. The van der Waals surface area contributed by atoms with Crippen molar-refractivity contribution in [1.82, 2.24) is 0 Å². The van der Waals surface area contributed by atoms with Crippen LogP contribution < -0.4 is 0 Å². The fraction of sp³-hybridized carbons (Fsp3) is 0.368. The number of rotatable bonds is 4. The van der Waals surface area contributed by atoms with Crippen LogP contribution in [0.1, 0.15) is 43.4 Å². The topological polar surface area (TPSA) is 20.2 Å². The lowest BCUT2D eigenvalue weighted by Gasteiger charge is -2.20. The molecule has 2 aromatic rings. The van der Waals surface area contributed by atoms with Gasteiger partial charge in [-0.3, -0.25) is 0 Å². The predicted octanol–water partition coefficient (Wildman–Crippen LogP) is 5.07. The molecule has 0 aliphatic heterocycles. The lowest BCUT2D eigenvalue weighted by molar-refractivity contribution is 0.264. The first kappa shape index (κ1) is 16.3. The summed E-state index contributed by atoms with van der Waals surface area (Å²) in [6.45, 7) is 6.82. The van der Waals surface area contributed by atoms with Crippen molar-refractivity contribution >= 4 is 15.9 Å². The molecular weight excluding hydrogens is 324 g/mol. The molecule has 0 saturated heterocycles. The molecule has 2 rings (SSSR count). The average molecular weight is 347 g/mol. The largest absolute Gasteiger partial charge is 0.396 e. The summed E-state index contributed by atoms with van der Waals surface area (Å²) in [6.07, 6.45) is 0.851. The zero-order chi connectivity index (χ0) is 15.5. The van der Waals surface area contributed by atoms with Crippen molar-refractivity contribution in [2.45, 2.75) is 38.5 Å². The van der Waals surface area contributed by atoms with E-state index in [0.29, 0.717) is 0 Å². The smallest absolute Gasteiger partial charge is 0.0503 e. The van der Waals surface area contributed by atoms with Gasteiger partial charge < -0.3 is 5.11 Å². The third-order valence-electron chi connectivity index (χ3n) is 3.87. The van der Waals surface area contributed by atoms with E-state index in [1.54, 1.807) is 0 Å². The van der Waals surface area contributed by atoms with Gasteiger partial charge in [-0.1, -0.05) is 79.2 Å². The molecule has 0 aliphatic carbocycles. The number of aliphatic hydroxyl groups excluding tert-OH is 1. The molecule has 1 nitrogen and oxygen atoms in total. The van der Waals surface area contributed by atoms with Crippen LogP contribution in [0.3, 0.4) is 0 Å². The fourth-order valence-corrected chi connectivity index (χ4v) is 3.11. The maximum atomic E-state index is 9.73. The van der Waals surface area contributed by atoms with E-state index in [-0.39, 0.29) is 17.9 Å². The maximum absolute atomic E-state index is 9.73. The zero-order valence-corrected chi connectivity index (χ0v) is 14.5. The second-order valence-corrected chi connectivity index (χ2v) is 7.41.